The van der Waals surface area contributed by atoms with Crippen molar-refractivity contribution in [2.75, 3.05) is 16.8 Å². The Balaban J connectivity index is 2.49. The van der Waals surface area contributed by atoms with Gasteiger partial charge in [0.05, 0.1) is 11.4 Å². The Labute approximate surface area is 89.1 Å². The largest absolute Gasteiger partial charge is 0.366 e. The Bertz CT molecular complexity index is 405. The van der Waals surface area contributed by atoms with E-state index in [9.17, 15) is 4.79 Å². The van der Waals surface area contributed by atoms with Gasteiger partial charge in [-0.25, -0.2) is 0 Å². The molecule has 4 nitrogen and oxygen atoms in total. The number of primary amides is 1. The summed E-state index contributed by atoms with van der Waals surface area (Å²) >= 11 is 0. The van der Waals surface area contributed by atoms with Crippen LogP contribution in [0.4, 0.5) is 11.4 Å². The van der Waals surface area contributed by atoms with Crippen LogP contribution in [0.15, 0.2) is 18.2 Å². The van der Waals surface area contributed by atoms with E-state index in [0.29, 0.717) is 0 Å². The molecular formula is C11H14N3O. The standard InChI is InChI=1S/C11H14N3O/c1-3-14-9-7-5-4-6-8(9)13-11(14,2)10(12)15/h5-7,13H,3H2,1-2H3,(H2,12,15). The minimum atomic E-state index is -0.827. The molecule has 1 aromatic carbocycles. The molecule has 0 fully saturated rings. The predicted octanol–water partition coefficient (Wildman–Crippen LogP) is 0.940. The lowest BCUT2D eigenvalue weighted by molar-refractivity contribution is -0.121. The Morgan fingerprint density at radius 1 is 1.73 bits per heavy atom. The summed E-state index contributed by atoms with van der Waals surface area (Å²) in [6.45, 7) is 4.51. The smallest absolute Gasteiger partial charge is 0.263 e. The average molecular weight is 204 g/mol. The van der Waals surface area contributed by atoms with Crippen molar-refractivity contribution in [3.63, 3.8) is 0 Å². The molecule has 3 N–H and O–H groups in total. The normalized spacial score (nSPS) is 23.5. The van der Waals surface area contributed by atoms with E-state index < -0.39 is 5.66 Å². The zero-order valence-electron chi connectivity index (χ0n) is 8.87. The van der Waals surface area contributed by atoms with Crippen LogP contribution in [0.3, 0.4) is 0 Å². The molecule has 0 saturated heterocycles. The number of hydrogen-bond acceptors (Lipinski definition) is 3. The number of rotatable bonds is 2. The van der Waals surface area contributed by atoms with E-state index in [1.807, 2.05) is 30.0 Å². The number of carbonyl (C=O) groups is 1. The number of amides is 1. The first kappa shape index (κ1) is 9.83. The van der Waals surface area contributed by atoms with Crippen LogP contribution in [0, 0.1) is 6.07 Å². The molecule has 4 heteroatoms. The lowest BCUT2D eigenvalue weighted by Gasteiger charge is -2.33. The summed E-state index contributed by atoms with van der Waals surface area (Å²) in [6, 6.07) is 8.56. The summed E-state index contributed by atoms with van der Waals surface area (Å²) in [5, 5.41) is 3.13. The molecule has 1 amide bonds. The van der Waals surface area contributed by atoms with Crippen LogP contribution in [-0.4, -0.2) is 18.1 Å². The zero-order chi connectivity index (χ0) is 11.1. The van der Waals surface area contributed by atoms with E-state index in [1.165, 1.54) is 0 Å². The van der Waals surface area contributed by atoms with E-state index in [4.69, 9.17) is 5.73 Å². The first-order chi connectivity index (χ1) is 7.09. The van der Waals surface area contributed by atoms with Gasteiger partial charge in [-0.15, -0.1) is 0 Å². The third-order valence-electron chi connectivity index (χ3n) is 2.85. The highest BCUT2D eigenvalue weighted by molar-refractivity contribution is 5.96. The molecule has 2 rings (SSSR count). The van der Waals surface area contributed by atoms with Gasteiger partial charge in [-0.3, -0.25) is 4.79 Å². The number of fused-ring (bicyclic) bond motifs is 1. The molecule has 1 heterocycles. The lowest BCUT2D eigenvalue weighted by atomic mass is 10.1. The van der Waals surface area contributed by atoms with Crippen LogP contribution in [0.5, 0.6) is 0 Å². The van der Waals surface area contributed by atoms with Gasteiger partial charge >= 0.3 is 0 Å². The maximum Gasteiger partial charge on any atom is 0.263 e. The van der Waals surface area contributed by atoms with Crippen molar-refractivity contribution in [3.05, 3.63) is 24.3 Å². The van der Waals surface area contributed by atoms with Gasteiger partial charge in [-0.05, 0) is 32.0 Å². The van der Waals surface area contributed by atoms with Gasteiger partial charge in [-0.2, -0.15) is 0 Å². The van der Waals surface area contributed by atoms with Gasteiger partial charge in [-0.1, -0.05) is 6.07 Å². The third-order valence-corrected chi connectivity index (χ3v) is 2.85. The number of benzene rings is 1. The van der Waals surface area contributed by atoms with E-state index >= 15 is 0 Å². The Morgan fingerprint density at radius 3 is 3.07 bits per heavy atom. The first-order valence-electron chi connectivity index (χ1n) is 4.95. The number of nitrogens with zero attached hydrogens (tertiary/aromatic N) is 1. The van der Waals surface area contributed by atoms with Crippen molar-refractivity contribution in [3.8, 4) is 0 Å². The van der Waals surface area contributed by atoms with Gasteiger partial charge in [0, 0.05) is 6.54 Å². The number of carbonyl (C=O) groups excluding carboxylic acids is 1. The molecule has 0 bridgehead atoms. The van der Waals surface area contributed by atoms with Crippen LogP contribution < -0.4 is 16.0 Å². The molecule has 0 aliphatic carbocycles. The molecular weight excluding hydrogens is 190 g/mol. The molecule has 79 valence electrons. The molecule has 1 aliphatic heterocycles. The van der Waals surface area contributed by atoms with Gasteiger partial charge in [0.1, 0.15) is 0 Å². The second-order valence-corrected chi connectivity index (χ2v) is 3.75. The van der Waals surface area contributed by atoms with Crippen molar-refractivity contribution in [1.82, 2.24) is 0 Å². The summed E-state index contributed by atoms with van der Waals surface area (Å²) in [4.78, 5) is 13.4. The second-order valence-electron chi connectivity index (χ2n) is 3.75. The van der Waals surface area contributed by atoms with Gasteiger partial charge in [0.25, 0.3) is 5.91 Å². The molecule has 1 aliphatic rings. The van der Waals surface area contributed by atoms with Crippen LogP contribution in [-0.2, 0) is 4.79 Å². The SMILES string of the molecule is CCN1c2cc[c]cc2NC1(C)C(N)=O. The fraction of sp³-hybridized carbons (Fsp3) is 0.364. The van der Waals surface area contributed by atoms with E-state index in [2.05, 4.69) is 11.4 Å². The highest BCUT2D eigenvalue weighted by Gasteiger charge is 2.43. The maximum absolute atomic E-state index is 11.5. The van der Waals surface area contributed by atoms with Crippen LogP contribution in [0.25, 0.3) is 0 Å². The number of hydrogen-bond donors (Lipinski definition) is 2. The Morgan fingerprint density at radius 2 is 2.47 bits per heavy atom. The van der Waals surface area contributed by atoms with Crippen molar-refractivity contribution >= 4 is 17.3 Å². The van der Waals surface area contributed by atoms with Crippen LogP contribution in [0.1, 0.15) is 13.8 Å². The first-order valence-corrected chi connectivity index (χ1v) is 4.95. The molecule has 15 heavy (non-hydrogen) atoms. The predicted molar refractivity (Wildman–Crippen MR) is 59.5 cm³/mol. The summed E-state index contributed by atoms with van der Waals surface area (Å²) in [7, 11) is 0. The summed E-state index contributed by atoms with van der Waals surface area (Å²) in [5.41, 5.74) is 6.50. The summed E-state index contributed by atoms with van der Waals surface area (Å²) in [5.74, 6) is -0.374. The van der Waals surface area contributed by atoms with Crippen molar-refractivity contribution in [2.24, 2.45) is 5.73 Å². The minimum absolute atomic E-state index is 0.374. The number of nitrogens with two attached hydrogens (primary N) is 1. The van der Waals surface area contributed by atoms with Crippen LogP contribution in [0.2, 0.25) is 0 Å². The molecule has 0 saturated carbocycles. The fourth-order valence-corrected chi connectivity index (χ4v) is 2.01. The Kier molecular flexibility index (Phi) is 2.07. The maximum atomic E-state index is 11.5. The number of nitrogens with one attached hydrogen (secondary N) is 1. The summed E-state index contributed by atoms with van der Waals surface area (Å²) in [6.07, 6.45) is 0. The third kappa shape index (κ3) is 1.25. The molecule has 1 atom stereocenters. The topological polar surface area (TPSA) is 58.4 Å². The molecule has 1 radical (unpaired) electrons. The number of likely N-dealkylation sites (N-methyl/N-ethyl adjacent to an activating group) is 1. The Hall–Kier alpha value is -1.71. The monoisotopic (exact) mass is 204 g/mol. The van der Waals surface area contributed by atoms with Gasteiger partial charge < -0.3 is 16.0 Å². The van der Waals surface area contributed by atoms with E-state index in [1.54, 1.807) is 6.92 Å². The van der Waals surface area contributed by atoms with Gasteiger partial charge in [0.2, 0.25) is 0 Å². The fourth-order valence-electron chi connectivity index (χ4n) is 2.01. The zero-order valence-corrected chi connectivity index (χ0v) is 8.87. The molecule has 1 aromatic rings. The highest BCUT2D eigenvalue weighted by Crippen LogP contribution is 2.38. The second kappa shape index (κ2) is 3.15. The van der Waals surface area contributed by atoms with Crippen LogP contribution >= 0.6 is 0 Å². The van der Waals surface area contributed by atoms with Crippen molar-refractivity contribution in [2.45, 2.75) is 19.5 Å². The van der Waals surface area contributed by atoms with Crippen molar-refractivity contribution in [1.29, 1.82) is 0 Å². The molecule has 1 unspecified atom stereocenters. The minimum Gasteiger partial charge on any atom is -0.366 e. The molecule has 0 aromatic heterocycles. The van der Waals surface area contributed by atoms with Gasteiger partial charge in [0.15, 0.2) is 5.66 Å². The summed E-state index contributed by atoms with van der Waals surface area (Å²) < 4.78 is 0. The lowest BCUT2D eigenvalue weighted by Crippen LogP contribution is -2.57. The van der Waals surface area contributed by atoms with E-state index in [0.717, 1.165) is 17.9 Å². The number of anilines is 2. The average Bonchev–Trinajstić information content (AvgIpc) is 2.50. The quantitative estimate of drug-likeness (QED) is 0.753. The van der Waals surface area contributed by atoms with E-state index in [-0.39, 0.29) is 5.91 Å². The molecule has 0 spiro atoms. The van der Waals surface area contributed by atoms with Crippen molar-refractivity contribution < 1.29 is 4.79 Å². The highest BCUT2D eigenvalue weighted by atomic mass is 16.2.